The molecule has 0 spiro atoms. The number of nitrogens with zero attached hydrogens (tertiary/aromatic N) is 3. The zero-order valence-corrected chi connectivity index (χ0v) is 33.2. The predicted octanol–water partition coefficient (Wildman–Crippen LogP) is 14.6. The number of hydrogen-bond acceptors (Lipinski definition) is 5. The van der Waals surface area contributed by atoms with Gasteiger partial charge in [-0.15, -0.1) is 0 Å². The lowest BCUT2D eigenvalue weighted by Gasteiger charge is -2.17. The van der Waals surface area contributed by atoms with E-state index in [1.807, 2.05) is 72.8 Å². The van der Waals surface area contributed by atoms with Crippen molar-refractivity contribution in [2.24, 2.45) is 0 Å². The van der Waals surface area contributed by atoms with Crippen LogP contribution < -0.4 is 0 Å². The Morgan fingerprint density at radius 3 is 1.79 bits per heavy atom. The lowest BCUT2D eigenvalue weighted by molar-refractivity contribution is 0.477. The van der Waals surface area contributed by atoms with E-state index in [1.54, 1.807) is 6.07 Å². The fourth-order valence-electron chi connectivity index (χ4n) is 8.53. The van der Waals surface area contributed by atoms with Gasteiger partial charge in [0.05, 0.1) is 22.6 Å². The summed E-state index contributed by atoms with van der Waals surface area (Å²) in [6.45, 7) is 2.09. The molecule has 0 saturated carbocycles. The van der Waals surface area contributed by atoms with E-state index in [-0.39, 0.29) is 5.75 Å². The largest absolute Gasteiger partial charge is 0.507 e. The van der Waals surface area contributed by atoms with Crippen LogP contribution in [-0.2, 0) is 0 Å². The number of rotatable bonds is 7. The third-order valence-electron chi connectivity index (χ3n) is 11.6. The highest BCUT2D eigenvalue weighted by Gasteiger charge is 2.20. The Hall–Kier alpha value is -8.15. The summed E-state index contributed by atoms with van der Waals surface area (Å²) in [4.78, 5) is 15.8. The molecule has 0 aliphatic rings. The van der Waals surface area contributed by atoms with E-state index in [2.05, 4.69) is 128 Å². The molecular weight excluding hydrogens is 747 g/mol. The van der Waals surface area contributed by atoms with Gasteiger partial charge in [0.25, 0.3) is 0 Å². The molecule has 0 fully saturated rings. The van der Waals surface area contributed by atoms with Gasteiger partial charge < -0.3 is 9.52 Å². The molecule has 5 nitrogen and oxygen atoms in total. The van der Waals surface area contributed by atoms with Crippen LogP contribution in [-0.4, -0.2) is 20.1 Å². The SMILES string of the molecule is Cc1c(-c2cccc(-c3nc(-c4ccccc4)cc(-c4ccc5oc6ccccc6c5c4)n3)c2)nc2cc(-c3cccc(-c4ccccc4)c3)ccc2c1-c1ccccc1O. The number of phenolic OH excluding ortho intramolecular Hbond substituents is 1. The molecule has 3 heterocycles. The molecule has 0 saturated heterocycles. The van der Waals surface area contributed by atoms with Crippen molar-refractivity contribution in [3.63, 3.8) is 0 Å². The Bertz CT molecular complexity index is 3450. The van der Waals surface area contributed by atoms with Crippen molar-refractivity contribution < 1.29 is 9.52 Å². The first-order valence-electron chi connectivity index (χ1n) is 20.4. The van der Waals surface area contributed by atoms with Gasteiger partial charge in [0, 0.05) is 44.0 Å². The average Bonchev–Trinajstić information content (AvgIpc) is 3.70. The van der Waals surface area contributed by atoms with Gasteiger partial charge in [0.2, 0.25) is 0 Å². The number of benzene rings is 8. The predicted molar refractivity (Wildman–Crippen MR) is 249 cm³/mol. The van der Waals surface area contributed by atoms with E-state index in [0.717, 1.165) is 106 Å². The number of aromatic hydroxyl groups is 1. The molecule has 8 aromatic carbocycles. The van der Waals surface area contributed by atoms with Crippen LogP contribution in [0.2, 0.25) is 0 Å². The van der Waals surface area contributed by atoms with Gasteiger partial charge in [-0.2, -0.15) is 0 Å². The molecule has 1 N–H and O–H groups in total. The number of aromatic nitrogens is 3. The van der Waals surface area contributed by atoms with Crippen LogP contribution in [0.4, 0.5) is 0 Å². The molecule has 3 aromatic heterocycles. The number of para-hydroxylation sites is 2. The maximum absolute atomic E-state index is 11.3. The third kappa shape index (κ3) is 6.59. The minimum Gasteiger partial charge on any atom is -0.507 e. The summed E-state index contributed by atoms with van der Waals surface area (Å²) in [5, 5.41) is 14.3. The third-order valence-corrected chi connectivity index (χ3v) is 11.6. The lowest BCUT2D eigenvalue weighted by atomic mass is 9.90. The number of hydrogen-bond donors (Lipinski definition) is 1. The molecule has 0 bridgehead atoms. The first-order valence-corrected chi connectivity index (χ1v) is 20.4. The van der Waals surface area contributed by atoms with Crippen molar-refractivity contribution in [3.8, 4) is 84.3 Å². The summed E-state index contributed by atoms with van der Waals surface area (Å²) in [5.74, 6) is 0.827. The average molecular weight is 784 g/mol. The Balaban J connectivity index is 1.07. The normalized spacial score (nSPS) is 11.4. The van der Waals surface area contributed by atoms with Gasteiger partial charge >= 0.3 is 0 Å². The highest BCUT2D eigenvalue weighted by molar-refractivity contribution is 6.06. The molecule has 0 unspecified atom stereocenters. The fraction of sp³-hybridized carbons (Fsp3) is 0.0179. The molecule has 0 radical (unpaired) electrons. The maximum atomic E-state index is 11.3. The van der Waals surface area contributed by atoms with Crippen molar-refractivity contribution in [3.05, 3.63) is 206 Å². The van der Waals surface area contributed by atoms with E-state index in [1.165, 1.54) is 5.56 Å². The maximum Gasteiger partial charge on any atom is 0.160 e. The van der Waals surface area contributed by atoms with Crippen molar-refractivity contribution in [2.45, 2.75) is 6.92 Å². The molecule has 0 aliphatic carbocycles. The molecule has 11 aromatic rings. The van der Waals surface area contributed by atoms with Gasteiger partial charge in [-0.25, -0.2) is 15.0 Å². The summed E-state index contributed by atoms with van der Waals surface area (Å²) < 4.78 is 6.16. The van der Waals surface area contributed by atoms with Crippen molar-refractivity contribution >= 4 is 32.8 Å². The summed E-state index contributed by atoms with van der Waals surface area (Å²) in [5.41, 5.74) is 15.9. The highest BCUT2D eigenvalue weighted by Crippen LogP contribution is 2.42. The monoisotopic (exact) mass is 783 g/mol. The van der Waals surface area contributed by atoms with E-state index >= 15 is 0 Å². The Kier molecular flexibility index (Phi) is 8.79. The van der Waals surface area contributed by atoms with E-state index in [9.17, 15) is 5.11 Å². The van der Waals surface area contributed by atoms with Gasteiger partial charge in [0.1, 0.15) is 16.9 Å². The topological polar surface area (TPSA) is 72.0 Å². The standard InChI is InChI=1S/C56H37N3O2/c1-35-54(46-23-8-10-24-51(46)60)45-28-26-40(39-19-12-18-38(30-39)36-14-4-2-5-15-36)33-50(45)57-55(35)42-20-13-21-43(31-42)56-58-48(37-16-6-3-7-17-37)34-49(59-56)41-27-29-53-47(32-41)44-22-9-11-25-52(44)61-53/h2-34,60H,1H3. The molecular formula is C56H37N3O2. The highest BCUT2D eigenvalue weighted by atomic mass is 16.3. The van der Waals surface area contributed by atoms with Gasteiger partial charge in [0.15, 0.2) is 5.82 Å². The number of phenols is 1. The van der Waals surface area contributed by atoms with E-state index < -0.39 is 0 Å². The van der Waals surface area contributed by atoms with E-state index in [4.69, 9.17) is 19.4 Å². The van der Waals surface area contributed by atoms with Gasteiger partial charge in [-0.05, 0) is 94.9 Å². The number of furan rings is 1. The Morgan fingerprint density at radius 1 is 0.393 bits per heavy atom. The zero-order valence-electron chi connectivity index (χ0n) is 33.2. The van der Waals surface area contributed by atoms with Crippen molar-refractivity contribution in [1.29, 1.82) is 0 Å². The quantitative estimate of drug-likeness (QED) is 0.174. The van der Waals surface area contributed by atoms with Crippen LogP contribution in [0.1, 0.15) is 5.56 Å². The van der Waals surface area contributed by atoms with Crippen LogP contribution in [0.15, 0.2) is 205 Å². The molecule has 61 heavy (non-hydrogen) atoms. The minimum atomic E-state index is 0.220. The number of fused-ring (bicyclic) bond motifs is 4. The molecule has 0 aliphatic heterocycles. The second-order valence-electron chi connectivity index (χ2n) is 15.4. The van der Waals surface area contributed by atoms with Crippen LogP contribution in [0.5, 0.6) is 5.75 Å². The smallest absolute Gasteiger partial charge is 0.160 e. The lowest BCUT2D eigenvalue weighted by Crippen LogP contribution is -1.98. The van der Waals surface area contributed by atoms with Crippen molar-refractivity contribution in [1.82, 2.24) is 15.0 Å². The van der Waals surface area contributed by atoms with Crippen molar-refractivity contribution in [2.75, 3.05) is 0 Å². The fourth-order valence-corrected chi connectivity index (χ4v) is 8.53. The zero-order chi connectivity index (χ0) is 40.9. The number of pyridine rings is 1. The summed E-state index contributed by atoms with van der Waals surface area (Å²) in [7, 11) is 0. The Morgan fingerprint density at radius 2 is 0.984 bits per heavy atom. The van der Waals surface area contributed by atoms with E-state index in [0.29, 0.717) is 5.82 Å². The molecule has 288 valence electrons. The summed E-state index contributed by atoms with van der Waals surface area (Å²) in [6.07, 6.45) is 0. The molecule has 0 amide bonds. The summed E-state index contributed by atoms with van der Waals surface area (Å²) in [6, 6.07) is 68.0. The molecule has 11 rings (SSSR count). The van der Waals surface area contributed by atoms with Gasteiger partial charge in [-0.3, -0.25) is 0 Å². The minimum absolute atomic E-state index is 0.220. The first-order chi connectivity index (χ1) is 30.0. The van der Waals surface area contributed by atoms with Crippen LogP contribution >= 0.6 is 0 Å². The molecule has 5 heteroatoms. The molecule has 0 atom stereocenters. The first kappa shape index (κ1) is 36.0. The second kappa shape index (κ2) is 14.9. The second-order valence-corrected chi connectivity index (χ2v) is 15.4. The van der Waals surface area contributed by atoms with Crippen LogP contribution in [0, 0.1) is 6.92 Å². The van der Waals surface area contributed by atoms with Crippen LogP contribution in [0.25, 0.3) is 111 Å². The van der Waals surface area contributed by atoms with Crippen LogP contribution in [0.3, 0.4) is 0 Å². The summed E-state index contributed by atoms with van der Waals surface area (Å²) >= 11 is 0. The Labute approximate surface area is 352 Å². The van der Waals surface area contributed by atoms with Gasteiger partial charge in [-0.1, -0.05) is 146 Å².